The molecule has 3 aliphatic rings. The Labute approximate surface area is 142 Å². The van der Waals surface area contributed by atoms with Crippen LogP contribution in [0.1, 0.15) is 34.1 Å². The first-order valence-electron chi connectivity index (χ1n) is 8.45. The minimum absolute atomic E-state index is 0.0101. The highest BCUT2D eigenvalue weighted by Gasteiger charge is 2.51. The maximum Gasteiger partial charge on any atom is 0.315 e. The first kappa shape index (κ1) is 17.0. The lowest BCUT2D eigenvalue weighted by atomic mass is 9.75. The standard InChI is InChI=1S/C19H25NO4/c1-12-10-20-11-19(12,9-15(21)24-18(2,3)4)17(22)23-16-13-6-5-7-14(16)8-13/h5-8,12,16,20H,9-11H2,1-4H3/t12-,19+/m0/s1. The number of hydrogen-bond donors (Lipinski definition) is 1. The third-order valence-electron chi connectivity index (χ3n) is 4.86. The second-order valence-electron chi connectivity index (χ2n) is 7.91. The minimum atomic E-state index is -0.864. The lowest BCUT2D eigenvalue weighted by Crippen LogP contribution is -2.45. The molecule has 0 radical (unpaired) electrons. The number of carbonyl (C=O) groups is 2. The number of ether oxygens (including phenoxy) is 2. The molecule has 5 heteroatoms. The van der Waals surface area contributed by atoms with Crippen molar-refractivity contribution in [3.05, 3.63) is 35.5 Å². The highest BCUT2D eigenvalue weighted by atomic mass is 16.6. The summed E-state index contributed by atoms with van der Waals surface area (Å²) in [5.74, 6) is -0.666. The normalized spacial score (nSPS) is 31.0. The van der Waals surface area contributed by atoms with E-state index >= 15 is 0 Å². The van der Waals surface area contributed by atoms with Crippen LogP contribution in [0, 0.1) is 11.3 Å². The second-order valence-corrected chi connectivity index (χ2v) is 7.91. The van der Waals surface area contributed by atoms with E-state index in [0.29, 0.717) is 13.1 Å². The van der Waals surface area contributed by atoms with E-state index in [-0.39, 0.29) is 30.4 Å². The summed E-state index contributed by atoms with van der Waals surface area (Å²) in [7, 11) is 0. The van der Waals surface area contributed by atoms with Gasteiger partial charge in [-0.25, -0.2) is 0 Å². The summed E-state index contributed by atoms with van der Waals surface area (Å²) in [6.45, 7) is 8.58. The van der Waals surface area contributed by atoms with Crippen molar-refractivity contribution in [3.8, 4) is 0 Å². The van der Waals surface area contributed by atoms with Crippen molar-refractivity contribution in [2.24, 2.45) is 11.3 Å². The predicted molar refractivity (Wildman–Crippen MR) is 90.1 cm³/mol. The highest BCUT2D eigenvalue weighted by molar-refractivity contribution is 5.85. The van der Waals surface area contributed by atoms with E-state index < -0.39 is 11.0 Å². The third kappa shape index (κ3) is 3.05. The molecule has 1 unspecified atom stereocenters. The van der Waals surface area contributed by atoms with Crippen molar-refractivity contribution in [1.29, 1.82) is 0 Å². The van der Waals surface area contributed by atoms with Crippen molar-refractivity contribution >= 4 is 11.9 Å². The molecule has 1 N–H and O–H groups in total. The Bertz CT molecular complexity index is 641. The first-order valence-corrected chi connectivity index (χ1v) is 8.45. The van der Waals surface area contributed by atoms with E-state index in [1.807, 2.05) is 52.0 Å². The van der Waals surface area contributed by atoms with E-state index in [1.54, 1.807) is 0 Å². The second kappa shape index (κ2) is 5.88. The van der Waals surface area contributed by atoms with Gasteiger partial charge in [-0.1, -0.05) is 25.2 Å². The average Bonchev–Trinajstić information content (AvgIpc) is 2.85. The summed E-state index contributed by atoms with van der Waals surface area (Å²) >= 11 is 0. The molecular weight excluding hydrogens is 306 g/mol. The molecule has 2 aliphatic carbocycles. The third-order valence-corrected chi connectivity index (χ3v) is 4.86. The molecule has 1 aliphatic heterocycles. The quantitative estimate of drug-likeness (QED) is 0.801. The molecule has 0 spiro atoms. The van der Waals surface area contributed by atoms with Crippen molar-refractivity contribution < 1.29 is 19.1 Å². The molecule has 3 rings (SSSR count). The summed E-state index contributed by atoms with van der Waals surface area (Å²) < 4.78 is 11.2. The lowest BCUT2D eigenvalue weighted by Gasteiger charge is -2.36. The van der Waals surface area contributed by atoms with Gasteiger partial charge in [0.2, 0.25) is 0 Å². The van der Waals surface area contributed by atoms with Gasteiger partial charge in [-0.2, -0.15) is 0 Å². The van der Waals surface area contributed by atoms with Gasteiger partial charge in [0.15, 0.2) is 6.10 Å². The van der Waals surface area contributed by atoms with Crippen molar-refractivity contribution in [3.63, 3.8) is 0 Å². The van der Waals surface area contributed by atoms with Crippen LogP contribution >= 0.6 is 0 Å². The van der Waals surface area contributed by atoms with Crippen LogP contribution in [-0.2, 0) is 19.1 Å². The largest absolute Gasteiger partial charge is 0.460 e. The fourth-order valence-corrected chi connectivity index (χ4v) is 3.44. The molecule has 24 heavy (non-hydrogen) atoms. The molecular formula is C19H25NO4. The van der Waals surface area contributed by atoms with E-state index in [1.165, 1.54) is 0 Å². The summed E-state index contributed by atoms with van der Waals surface area (Å²) in [5, 5.41) is 3.22. The Hall–Kier alpha value is -1.88. The first-order chi connectivity index (χ1) is 11.2. The zero-order valence-electron chi connectivity index (χ0n) is 14.7. The van der Waals surface area contributed by atoms with Crippen LogP contribution in [0.25, 0.3) is 0 Å². The predicted octanol–water partition coefficient (Wildman–Crippen LogP) is 2.29. The average molecular weight is 331 g/mol. The minimum Gasteiger partial charge on any atom is -0.460 e. The van der Waals surface area contributed by atoms with E-state index in [9.17, 15) is 9.59 Å². The molecule has 0 aromatic heterocycles. The Morgan fingerprint density at radius 2 is 2.08 bits per heavy atom. The van der Waals surface area contributed by atoms with Gasteiger partial charge >= 0.3 is 11.9 Å². The highest BCUT2D eigenvalue weighted by Crippen LogP contribution is 2.41. The Morgan fingerprint density at radius 1 is 1.33 bits per heavy atom. The summed E-state index contributed by atoms with van der Waals surface area (Å²) in [5.41, 5.74) is 0.582. The van der Waals surface area contributed by atoms with Crippen LogP contribution in [0.3, 0.4) is 0 Å². The van der Waals surface area contributed by atoms with Gasteiger partial charge in [-0.05, 0) is 50.5 Å². The van der Waals surface area contributed by atoms with Gasteiger partial charge in [-0.15, -0.1) is 0 Å². The number of nitrogens with one attached hydrogen (secondary N) is 1. The molecule has 0 saturated carbocycles. The van der Waals surface area contributed by atoms with Gasteiger partial charge in [0, 0.05) is 6.54 Å². The molecule has 5 nitrogen and oxygen atoms in total. The smallest absolute Gasteiger partial charge is 0.315 e. The van der Waals surface area contributed by atoms with E-state index in [4.69, 9.17) is 9.47 Å². The van der Waals surface area contributed by atoms with Crippen LogP contribution in [0.2, 0.25) is 0 Å². The Morgan fingerprint density at radius 3 is 2.58 bits per heavy atom. The molecule has 3 atom stereocenters. The maximum atomic E-state index is 13.0. The van der Waals surface area contributed by atoms with Gasteiger partial charge in [0.25, 0.3) is 0 Å². The zero-order chi connectivity index (χ0) is 17.5. The number of allylic oxidation sites excluding steroid dienone is 2. The molecule has 2 bridgehead atoms. The summed E-state index contributed by atoms with van der Waals surface area (Å²) in [4.78, 5) is 25.3. The number of rotatable bonds is 4. The molecule has 1 heterocycles. The lowest BCUT2D eigenvalue weighted by molar-refractivity contribution is -0.170. The van der Waals surface area contributed by atoms with E-state index in [2.05, 4.69) is 5.32 Å². The fourth-order valence-electron chi connectivity index (χ4n) is 3.44. The van der Waals surface area contributed by atoms with Gasteiger partial charge in [-0.3, -0.25) is 9.59 Å². The molecule has 0 amide bonds. The molecule has 1 fully saturated rings. The Kier molecular flexibility index (Phi) is 4.16. The zero-order valence-corrected chi connectivity index (χ0v) is 14.7. The van der Waals surface area contributed by atoms with E-state index in [0.717, 1.165) is 11.1 Å². The summed E-state index contributed by atoms with van der Waals surface area (Å²) in [6.07, 6.45) is 7.60. The molecule has 0 aromatic rings. The Balaban J connectivity index is 1.73. The van der Waals surface area contributed by atoms with Crippen molar-refractivity contribution in [2.45, 2.75) is 45.8 Å². The van der Waals surface area contributed by atoms with Gasteiger partial charge < -0.3 is 14.8 Å². The maximum absolute atomic E-state index is 13.0. The monoisotopic (exact) mass is 331 g/mol. The van der Waals surface area contributed by atoms with Gasteiger partial charge in [0.1, 0.15) is 5.60 Å². The van der Waals surface area contributed by atoms with Crippen LogP contribution in [0.15, 0.2) is 35.5 Å². The topological polar surface area (TPSA) is 64.6 Å². The number of fused-ring (bicyclic) bond motifs is 2. The number of esters is 2. The summed E-state index contributed by atoms with van der Waals surface area (Å²) in [6, 6.07) is 0. The molecule has 1 saturated heterocycles. The van der Waals surface area contributed by atoms with Crippen LogP contribution in [0.5, 0.6) is 0 Å². The van der Waals surface area contributed by atoms with Crippen LogP contribution in [0.4, 0.5) is 0 Å². The van der Waals surface area contributed by atoms with Gasteiger partial charge in [0.05, 0.1) is 11.8 Å². The number of hydrogen-bond acceptors (Lipinski definition) is 5. The molecule has 130 valence electrons. The number of carbonyl (C=O) groups excluding carboxylic acids is 2. The van der Waals surface area contributed by atoms with Crippen LogP contribution in [-0.4, -0.2) is 36.7 Å². The van der Waals surface area contributed by atoms with Crippen molar-refractivity contribution in [2.75, 3.05) is 13.1 Å². The van der Waals surface area contributed by atoms with Crippen molar-refractivity contribution in [1.82, 2.24) is 5.32 Å². The molecule has 0 aromatic carbocycles. The van der Waals surface area contributed by atoms with Crippen LogP contribution < -0.4 is 5.32 Å². The fraction of sp³-hybridized carbons (Fsp3) is 0.579. The SMILES string of the molecule is C[C@H]1CNC[C@@]1(CC(=O)OC(C)(C)C)C(=O)OC1c2cccc1c2.